The first-order valence-electron chi connectivity index (χ1n) is 7.63. The van der Waals surface area contributed by atoms with Gasteiger partial charge in [0.25, 0.3) is 5.91 Å². The number of rotatable bonds is 2. The van der Waals surface area contributed by atoms with Crippen LogP contribution in [-0.2, 0) is 0 Å². The number of H-pyrrole nitrogens is 1. The first kappa shape index (κ1) is 13.9. The monoisotopic (exact) mass is 313 g/mol. The van der Waals surface area contributed by atoms with Gasteiger partial charge in [-0.2, -0.15) is 5.10 Å². The van der Waals surface area contributed by atoms with Crippen molar-refractivity contribution in [2.24, 2.45) is 0 Å². The zero-order chi connectivity index (χ0) is 15.8. The topological polar surface area (TPSA) is 66.8 Å². The van der Waals surface area contributed by atoms with Crippen LogP contribution < -0.4 is 0 Å². The Hall–Kier alpha value is -2.70. The van der Waals surface area contributed by atoms with Crippen LogP contribution in [0.4, 0.5) is 4.39 Å². The van der Waals surface area contributed by atoms with E-state index in [4.69, 9.17) is 0 Å². The van der Waals surface area contributed by atoms with Gasteiger partial charge < -0.3 is 9.88 Å². The number of hydrogen-bond donors (Lipinski definition) is 1. The molecule has 3 aromatic rings. The fourth-order valence-electron chi connectivity index (χ4n) is 3.20. The quantitative estimate of drug-likeness (QED) is 0.790. The lowest BCUT2D eigenvalue weighted by molar-refractivity contribution is 0.0674. The lowest BCUT2D eigenvalue weighted by Gasteiger charge is -2.33. The van der Waals surface area contributed by atoms with Gasteiger partial charge in [-0.05, 0) is 31.0 Å². The molecule has 1 aliphatic heterocycles. The second-order valence-corrected chi connectivity index (χ2v) is 5.79. The molecule has 0 spiro atoms. The van der Waals surface area contributed by atoms with Crippen molar-refractivity contribution in [1.82, 2.24) is 24.6 Å². The van der Waals surface area contributed by atoms with E-state index in [2.05, 4.69) is 15.1 Å². The smallest absolute Gasteiger partial charge is 0.256 e. The van der Waals surface area contributed by atoms with Crippen molar-refractivity contribution in [3.8, 4) is 0 Å². The fraction of sp³-hybridized carbons (Fsp3) is 0.312. The Kier molecular flexibility index (Phi) is 3.33. The lowest BCUT2D eigenvalue weighted by Crippen LogP contribution is -2.41. The van der Waals surface area contributed by atoms with Crippen molar-refractivity contribution in [3.63, 3.8) is 0 Å². The maximum absolute atomic E-state index is 13.8. The van der Waals surface area contributed by atoms with Crippen molar-refractivity contribution >= 4 is 16.9 Å². The number of nitrogens with one attached hydrogen (secondary N) is 1. The number of likely N-dealkylation sites (tertiary alicyclic amines) is 1. The second kappa shape index (κ2) is 5.49. The molecule has 1 amide bonds. The molecule has 4 rings (SSSR count). The number of aromatic nitrogens is 4. The van der Waals surface area contributed by atoms with E-state index >= 15 is 0 Å². The number of carbonyl (C=O) groups excluding carboxylic acids is 1. The summed E-state index contributed by atoms with van der Waals surface area (Å²) in [6.07, 6.45) is 7.00. The number of halogens is 1. The molecule has 0 saturated carbocycles. The highest BCUT2D eigenvalue weighted by Gasteiger charge is 2.27. The molecule has 0 aliphatic carbocycles. The summed E-state index contributed by atoms with van der Waals surface area (Å²) >= 11 is 0. The summed E-state index contributed by atoms with van der Waals surface area (Å²) < 4.78 is 15.7. The average Bonchev–Trinajstić information content (AvgIpc) is 3.24. The molecule has 2 aromatic heterocycles. The van der Waals surface area contributed by atoms with Crippen molar-refractivity contribution in [2.45, 2.75) is 18.9 Å². The van der Waals surface area contributed by atoms with E-state index in [0.717, 1.165) is 12.8 Å². The summed E-state index contributed by atoms with van der Waals surface area (Å²) in [7, 11) is 0. The summed E-state index contributed by atoms with van der Waals surface area (Å²) in [5.74, 6) is -0.621. The van der Waals surface area contributed by atoms with E-state index in [1.165, 1.54) is 18.5 Å². The molecule has 0 radical (unpaired) electrons. The Morgan fingerprint density at radius 3 is 3.13 bits per heavy atom. The van der Waals surface area contributed by atoms with Crippen LogP contribution in [0.2, 0.25) is 0 Å². The zero-order valence-corrected chi connectivity index (χ0v) is 12.4. The third-order valence-corrected chi connectivity index (χ3v) is 4.30. The van der Waals surface area contributed by atoms with Crippen LogP contribution in [0.5, 0.6) is 0 Å². The molecule has 23 heavy (non-hydrogen) atoms. The number of aromatic amines is 1. The molecule has 118 valence electrons. The van der Waals surface area contributed by atoms with E-state index in [-0.39, 0.29) is 11.9 Å². The summed E-state index contributed by atoms with van der Waals surface area (Å²) in [5, 5.41) is 4.26. The number of amides is 1. The van der Waals surface area contributed by atoms with Gasteiger partial charge in [0.15, 0.2) is 0 Å². The van der Waals surface area contributed by atoms with Crippen molar-refractivity contribution in [2.75, 3.05) is 13.1 Å². The molecule has 0 bridgehead atoms. The largest absolute Gasteiger partial charge is 0.344 e. The van der Waals surface area contributed by atoms with Crippen LogP contribution in [0.15, 0.2) is 36.9 Å². The summed E-state index contributed by atoms with van der Waals surface area (Å²) in [6, 6.07) is 4.65. The Labute approximate surface area is 131 Å². The number of imidazole rings is 1. The van der Waals surface area contributed by atoms with Gasteiger partial charge in [-0.25, -0.2) is 9.37 Å². The van der Waals surface area contributed by atoms with Gasteiger partial charge in [-0.3, -0.25) is 9.48 Å². The molecule has 1 fully saturated rings. The molecular weight excluding hydrogens is 297 g/mol. The molecule has 1 aromatic carbocycles. The Morgan fingerprint density at radius 2 is 2.30 bits per heavy atom. The van der Waals surface area contributed by atoms with Crippen LogP contribution >= 0.6 is 0 Å². The van der Waals surface area contributed by atoms with Gasteiger partial charge in [0.05, 0.1) is 23.4 Å². The number of nitrogens with zero attached hydrogens (tertiary/aromatic N) is 4. The van der Waals surface area contributed by atoms with Crippen LogP contribution in [0.3, 0.4) is 0 Å². The third kappa shape index (κ3) is 2.48. The normalized spacial score (nSPS) is 18.5. The maximum Gasteiger partial charge on any atom is 0.256 e. The predicted molar refractivity (Wildman–Crippen MR) is 82.5 cm³/mol. The van der Waals surface area contributed by atoms with Crippen molar-refractivity contribution in [3.05, 3.63) is 48.3 Å². The van der Waals surface area contributed by atoms with Crippen LogP contribution in [0, 0.1) is 5.82 Å². The fourth-order valence-corrected chi connectivity index (χ4v) is 3.20. The third-order valence-electron chi connectivity index (χ3n) is 4.30. The van der Waals surface area contributed by atoms with Gasteiger partial charge in [0.2, 0.25) is 0 Å². The van der Waals surface area contributed by atoms with Gasteiger partial charge in [-0.1, -0.05) is 0 Å². The van der Waals surface area contributed by atoms with Crippen molar-refractivity contribution in [1.29, 1.82) is 0 Å². The van der Waals surface area contributed by atoms with E-state index in [1.54, 1.807) is 11.1 Å². The van der Waals surface area contributed by atoms with Crippen molar-refractivity contribution < 1.29 is 9.18 Å². The highest BCUT2D eigenvalue weighted by Crippen LogP contribution is 2.24. The molecule has 1 atom stereocenters. The van der Waals surface area contributed by atoms with E-state index in [1.807, 2.05) is 16.9 Å². The number of hydrogen-bond acceptors (Lipinski definition) is 3. The number of carbonyl (C=O) groups is 1. The van der Waals surface area contributed by atoms with Gasteiger partial charge in [-0.15, -0.1) is 0 Å². The first-order chi connectivity index (χ1) is 11.2. The molecular formula is C16H16FN5O. The van der Waals surface area contributed by atoms with Crippen LogP contribution in [0.25, 0.3) is 11.0 Å². The van der Waals surface area contributed by atoms with E-state index < -0.39 is 5.82 Å². The van der Waals surface area contributed by atoms with E-state index in [9.17, 15) is 9.18 Å². The average molecular weight is 313 g/mol. The number of fused-ring (bicyclic) bond motifs is 1. The maximum atomic E-state index is 13.8. The highest BCUT2D eigenvalue weighted by molar-refractivity contribution is 6.04. The molecule has 1 saturated heterocycles. The predicted octanol–water partition coefficient (Wildman–Crippen LogP) is 2.38. The van der Waals surface area contributed by atoms with Crippen LogP contribution in [-0.4, -0.2) is 43.6 Å². The minimum atomic E-state index is -0.439. The molecule has 7 heteroatoms. The second-order valence-electron chi connectivity index (χ2n) is 5.79. The summed E-state index contributed by atoms with van der Waals surface area (Å²) in [4.78, 5) is 21.6. The molecule has 1 aliphatic rings. The number of piperidine rings is 1. The first-order valence-corrected chi connectivity index (χ1v) is 7.63. The van der Waals surface area contributed by atoms with Gasteiger partial charge >= 0.3 is 0 Å². The Morgan fingerprint density at radius 1 is 1.39 bits per heavy atom. The molecule has 0 unspecified atom stereocenters. The standard InChI is InChI=1S/C16H16FN5O/c17-11-7-13(15-14(8-11)18-10-19-15)16(23)21-5-1-3-12(9-21)22-6-2-4-20-22/h2,4,6-8,10,12H,1,3,5,9H2,(H,18,19)/t12-/m0/s1. The van der Waals surface area contributed by atoms with E-state index in [0.29, 0.717) is 29.7 Å². The van der Waals surface area contributed by atoms with Crippen LogP contribution in [0.1, 0.15) is 29.2 Å². The SMILES string of the molecule is O=C(c1cc(F)cc2[nH]cnc12)N1CCC[C@H](n2cccn2)C1. The highest BCUT2D eigenvalue weighted by atomic mass is 19.1. The van der Waals surface area contributed by atoms with Gasteiger partial charge in [0, 0.05) is 25.5 Å². The van der Waals surface area contributed by atoms with Gasteiger partial charge in [0.1, 0.15) is 11.3 Å². The summed E-state index contributed by atoms with van der Waals surface area (Å²) in [6.45, 7) is 1.24. The number of benzene rings is 1. The summed E-state index contributed by atoms with van der Waals surface area (Å²) in [5.41, 5.74) is 1.36. The molecule has 6 nitrogen and oxygen atoms in total. The zero-order valence-electron chi connectivity index (χ0n) is 12.4. The Balaban J connectivity index is 1.64. The Bertz CT molecular complexity index is 841. The minimum absolute atomic E-state index is 0.158. The minimum Gasteiger partial charge on any atom is -0.344 e. The molecule has 3 heterocycles. The lowest BCUT2D eigenvalue weighted by atomic mass is 10.0. The molecule has 1 N–H and O–H groups in total.